The first-order valence-corrected chi connectivity index (χ1v) is 10.8. The Bertz CT molecular complexity index is 896. The number of ether oxygens (including phenoxy) is 1. The van der Waals surface area contributed by atoms with Gasteiger partial charge < -0.3 is 15.0 Å². The highest BCUT2D eigenvalue weighted by atomic mass is 35.5. The first-order chi connectivity index (χ1) is 14.7. The maximum Gasteiger partial charge on any atom is 0.261 e. The van der Waals surface area contributed by atoms with Gasteiger partial charge in [-0.15, -0.1) is 0 Å². The van der Waals surface area contributed by atoms with Crippen LogP contribution in [0.5, 0.6) is 5.75 Å². The van der Waals surface area contributed by atoms with Crippen molar-refractivity contribution in [3.63, 3.8) is 0 Å². The molecule has 168 valence electrons. The number of hydrogen-bond acceptors (Lipinski definition) is 3. The van der Waals surface area contributed by atoms with Gasteiger partial charge in [-0.3, -0.25) is 9.59 Å². The number of hydrogen-bond donors (Lipinski definition) is 1. The molecule has 0 aliphatic rings. The van der Waals surface area contributed by atoms with E-state index in [0.29, 0.717) is 22.9 Å². The molecular formula is C24H30ClFN2O3. The summed E-state index contributed by atoms with van der Waals surface area (Å²) in [5.74, 6) is -0.606. The average molecular weight is 449 g/mol. The zero-order valence-corrected chi connectivity index (χ0v) is 19.3. The van der Waals surface area contributed by atoms with Gasteiger partial charge in [0.1, 0.15) is 17.6 Å². The van der Waals surface area contributed by atoms with E-state index in [1.165, 1.54) is 11.0 Å². The molecule has 31 heavy (non-hydrogen) atoms. The van der Waals surface area contributed by atoms with E-state index < -0.39 is 17.8 Å². The first-order valence-electron chi connectivity index (χ1n) is 10.4. The molecule has 0 radical (unpaired) electrons. The number of carbonyl (C=O) groups is 2. The van der Waals surface area contributed by atoms with Crippen LogP contribution in [0.3, 0.4) is 0 Å². The van der Waals surface area contributed by atoms with E-state index in [0.717, 1.165) is 24.0 Å². The van der Waals surface area contributed by atoms with Crippen LogP contribution in [0.4, 0.5) is 4.39 Å². The van der Waals surface area contributed by atoms with Crippen molar-refractivity contribution in [3.8, 4) is 5.75 Å². The number of amides is 2. The molecule has 0 aliphatic heterocycles. The molecular weight excluding hydrogens is 419 g/mol. The van der Waals surface area contributed by atoms with E-state index in [-0.39, 0.29) is 19.1 Å². The van der Waals surface area contributed by atoms with Gasteiger partial charge in [0.05, 0.1) is 0 Å². The standard InChI is InChI=1S/C24H30ClFN2O3/c1-5-6-11-27-24(30)18(4)28(14-19-9-7-8-10-21(19)26)22(29)15-31-20-12-16(2)23(25)17(3)13-20/h7-10,12-13,18H,5-6,11,14-15H2,1-4H3,(H,27,30). The van der Waals surface area contributed by atoms with Crippen LogP contribution in [0.1, 0.15) is 43.4 Å². The number of unbranched alkanes of at least 4 members (excludes halogenated alkanes) is 1. The summed E-state index contributed by atoms with van der Waals surface area (Å²) in [4.78, 5) is 26.9. The second kappa shape index (κ2) is 11.7. The first kappa shape index (κ1) is 24.7. The van der Waals surface area contributed by atoms with Crippen molar-refractivity contribution in [2.45, 2.75) is 53.1 Å². The van der Waals surface area contributed by atoms with Crippen LogP contribution in [-0.4, -0.2) is 35.9 Å². The molecule has 0 bridgehead atoms. The fourth-order valence-corrected chi connectivity index (χ4v) is 3.26. The van der Waals surface area contributed by atoms with E-state index in [1.54, 1.807) is 37.3 Å². The number of nitrogens with one attached hydrogen (secondary N) is 1. The summed E-state index contributed by atoms with van der Waals surface area (Å²) in [5, 5.41) is 3.48. The van der Waals surface area contributed by atoms with E-state index in [1.807, 2.05) is 20.8 Å². The van der Waals surface area contributed by atoms with Gasteiger partial charge in [-0.2, -0.15) is 0 Å². The number of rotatable bonds is 10. The third-order valence-electron chi connectivity index (χ3n) is 5.07. The minimum Gasteiger partial charge on any atom is -0.484 e. The second-order valence-electron chi connectivity index (χ2n) is 7.59. The third kappa shape index (κ3) is 6.96. The lowest BCUT2D eigenvalue weighted by molar-refractivity contribution is -0.142. The fraction of sp³-hybridized carbons (Fsp3) is 0.417. The highest BCUT2D eigenvalue weighted by Crippen LogP contribution is 2.26. The third-order valence-corrected chi connectivity index (χ3v) is 5.66. The van der Waals surface area contributed by atoms with Crippen molar-refractivity contribution in [1.29, 1.82) is 0 Å². The molecule has 2 aromatic rings. The number of benzene rings is 2. The largest absolute Gasteiger partial charge is 0.484 e. The number of carbonyl (C=O) groups excluding carboxylic acids is 2. The van der Waals surface area contributed by atoms with Crippen molar-refractivity contribution >= 4 is 23.4 Å². The molecule has 7 heteroatoms. The quantitative estimate of drug-likeness (QED) is 0.531. The molecule has 0 fully saturated rings. The van der Waals surface area contributed by atoms with Gasteiger partial charge in [-0.05, 0) is 56.5 Å². The molecule has 2 amide bonds. The van der Waals surface area contributed by atoms with Crippen LogP contribution in [0.25, 0.3) is 0 Å². The van der Waals surface area contributed by atoms with E-state index in [9.17, 15) is 14.0 Å². The molecule has 0 heterocycles. The Hall–Kier alpha value is -2.60. The van der Waals surface area contributed by atoms with Crippen LogP contribution >= 0.6 is 11.6 Å². The smallest absolute Gasteiger partial charge is 0.261 e. The Kier molecular flexibility index (Phi) is 9.31. The van der Waals surface area contributed by atoms with Gasteiger partial charge in [-0.25, -0.2) is 4.39 Å². The zero-order chi connectivity index (χ0) is 23.0. The molecule has 1 unspecified atom stereocenters. The monoisotopic (exact) mass is 448 g/mol. The topological polar surface area (TPSA) is 58.6 Å². The summed E-state index contributed by atoms with van der Waals surface area (Å²) >= 11 is 6.19. The van der Waals surface area contributed by atoms with Crippen molar-refractivity contribution < 1.29 is 18.7 Å². The number of aryl methyl sites for hydroxylation is 2. The maximum absolute atomic E-state index is 14.2. The van der Waals surface area contributed by atoms with Crippen LogP contribution in [0.15, 0.2) is 36.4 Å². The zero-order valence-electron chi connectivity index (χ0n) is 18.5. The van der Waals surface area contributed by atoms with Gasteiger partial charge in [0.2, 0.25) is 5.91 Å². The molecule has 0 saturated heterocycles. The van der Waals surface area contributed by atoms with Gasteiger partial charge in [0.15, 0.2) is 6.61 Å². The number of nitrogens with zero attached hydrogens (tertiary/aromatic N) is 1. The summed E-state index contributed by atoms with van der Waals surface area (Å²) in [5.41, 5.74) is 2.02. The molecule has 5 nitrogen and oxygen atoms in total. The van der Waals surface area contributed by atoms with Crippen molar-refractivity contribution in [2.24, 2.45) is 0 Å². The van der Waals surface area contributed by atoms with Crippen molar-refractivity contribution in [3.05, 3.63) is 63.9 Å². The summed E-state index contributed by atoms with van der Waals surface area (Å²) in [6, 6.07) is 8.95. The summed E-state index contributed by atoms with van der Waals surface area (Å²) < 4.78 is 19.9. The van der Waals surface area contributed by atoms with Crippen LogP contribution in [0, 0.1) is 19.7 Å². The molecule has 1 atom stereocenters. The molecule has 2 aromatic carbocycles. The average Bonchev–Trinajstić information content (AvgIpc) is 2.74. The van der Waals surface area contributed by atoms with Gasteiger partial charge in [0.25, 0.3) is 5.91 Å². The lowest BCUT2D eigenvalue weighted by atomic mass is 10.1. The van der Waals surface area contributed by atoms with Gasteiger partial charge in [-0.1, -0.05) is 43.1 Å². The second-order valence-corrected chi connectivity index (χ2v) is 7.97. The minimum atomic E-state index is -0.777. The van der Waals surface area contributed by atoms with Crippen LogP contribution in [0.2, 0.25) is 5.02 Å². The Morgan fingerprint density at radius 2 is 1.84 bits per heavy atom. The Labute approximate surface area is 188 Å². The lowest BCUT2D eigenvalue weighted by Gasteiger charge is -2.29. The van der Waals surface area contributed by atoms with E-state index in [4.69, 9.17) is 16.3 Å². The fourth-order valence-electron chi connectivity index (χ4n) is 3.15. The summed E-state index contributed by atoms with van der Waals surface area (Å²) in [7, 11) is 0. The van der Waals surface area contributed by atoms with Gasteiger partial charge >= 0.3 is 0 Å². The molecule has 0 spiro atoms. The minimum absolute atomic E-state index is 0.0318. The molecule has 0 aliphatic carbocycles. The molecule has 0 saturated carbocycles. The van der Waals surface area contributed by atoms with Crippen LogP contribution in [-0.2, 0) is 16.1 Å². The predicted octanol–water partition coefficient (Wildman–Crippen LogP) is 4.81. The summed E-state index contributed by atoms with van der Waals surface area (Å²) in [6.45, 7) is 7.60. The van der Waals surface area contributed by atoms with E-state index in [2.05, 4.69) is 5.32 Å². The Morgan fingerprint density at radius 3 is 2.45 bits per heavy atom. The lowest BCUT2D eigenvalue weighted by Crippen LogP contribution is -2.49. The number of halogens is 2. The molecule has 1 N–H and O–H groups in total. The maximum atomic E-state index is 14.2. The normalized spacial score (nSPS) is 11.7. The highest BCUT2D eigenvalue weighted by Gasteiger charge is 2.27. The Balaban J connectivity index is 2.17. The highest BCUT2D eigenvalue weighted by molar-refractivity contribution is 6.32. The van der Waals surface area contributed by atoms with Crippen LogP contribution < -0.4 is 10.1 Å². The van der Waals surface area contributed by atoms with Crippen molar-refractivity contribution in [2.75, 3.05) is 13.2 Å². The molecule has 0 aromatic heterocycles. The predicted molar refractivity (Wildman–Crippen MR) is 121 cm³/mol. The van der Waals surface area contributed by atoms with Gasteiger partial charge in [0, 0.05) is 23.7 Å². The SMILES string of the molecule is CCCCNC(=O)C(C)N(Cc1ccccc1F)C(=O)COc1cc(C)c(Cl)c(C)c1. The van der Waals surface area contributed by atoms with Crippen molar-refractivity contribution in [1.82, 2.24) is 10.2 Å². The molecule has 2 rings (SSSR count). The Morgan fingerprint density at radius 1 is 1.19 bits per heavy atom. The van der Waals surface area contributed by atoms with E-state index >= 15 is 0 Å². The summed E-state index contributed by atoms with van der Waals surface area (Å²) in [6.07, 6.45) is 1.79.